The molecule has 0 saturated carbocycles. The lowest BCUT2D eigenvalue weighted by atomic mass is 9.81. The van der Waals surface area contributed by atoms with Gasteiger partial charge in [-0.25, -0.2) is 9.59 Å². The zero-order valence-corrected chi connectivity index (χ0v) is 15.2. The molecule has 136 valence electrons. The van der Waals surface area contributed by atoms with E-state index < -0.39 is 17.6 Å². The molecule has 1 saturated heterocycles. The molecule has 0 bridgehead atoms. The standard InChI is InChI=1S/C18H24N2O4S/c1-25-9-3-2-4-13-5-6-15-14(10-13)18(12-20(15)17(23)24)7-8-19(11-18)16(21)22/h5-6,10H,2-4,7-9,11-12H2,1H3,(H,21,22)(H,23,24). The molecule has 0 aliphatic carbocycles. The molecule has 2 aliphatic heterocycles. The molecule has 1 unspecified atom stereocenters. The number of rotatable bonds is 5. The summed E-state index contributed by atoms with van der Waals surface area (Å²) in [6, 6.07) is 6.02. The fraction of sp³-hybridized carbons (Fsp3) is 0.556. The van der Waals surface area contributed by atoms with Crippen molar-refractivity contribution in [3.05, 3.63) is 29.3 Å². The van der Waals surface area contributed by atoms with Crippen LogP contribution in [0.5, 0.6) is 0 Å². The number of hydrogen-bond donors (Lipinski definition) is 2. The Bertz CT molecular complexity index is 681. The molecule has 2 heterocycles. The second kappa shape index (κ2) is 7.15. The Labute approximate surface area is 151 Å². The summed E-state index contributed by atoms with van der Waals surface area (Å²) in [5.74, 6) is 1.15. The summed E-state index contributed by atoms with van der Waals surface area (Å²) in [4.78, 5) is 25.8. The Morgan fingerprint density at radius 1 is 1.20 bits per heavy atom. The highest BCUT2D eigenvalue weighted by Gasteiger charge is 2.50. The molecule has 1 aromatic rings. The molecule has 2 aliphatic rings. The first-order valence-electron chi connectivity index (χ1n) is 8.57. The predicted octanol–water partition coefficient (Wildman–Crippen LogP) is 3.49. The topological polar surface area (TPSA) is 81.1 Å². The van der Waals surface area contributed by atoms with Crippen LogP contribution in [-0.4, -0.2) is 58.9 Å². The second-order valence-electron chi connectivity index (χ2n) is 6.90. The summed E-state index contributed by atoms with van der Waals surface area (Å²) in [6.07, 6.45) is 4.12. The van der Waals surface area contributed by atoms with Gasteiger partial charge in [0.1, 0.15) is 0 Å². The number of nitrogens with zero attached hydrogens (tertiary/aromatic N) is 2. The first-order valence-corrected chi connectivity index (χ1v) is 9.97. The van der Waals surface area contributed by atoms with Gasteiger partial charge in [0.25, 0.3) is 0 Å². The van der Waals surface area contributed by atoms with Gasteiger partial charge in [0.15, 0.2) is 0 Å². The number of hydrogen-bond acceptors (Lipinski definition) is 3. The highest BCUT2D eigenvalue weighted by molar-refractivity contribution is 7.98. The average molecular weight is 364 g/mol. The van der Waals surface area contributed by atoms with E-state index >= 15 is 0 Å². The molecule has 1 atom stereocenters. The Hall–Kier alpha value is -1.89. The molecule has 2 N–H and O–H groups in total. The van der Waals surface area contributed by atoms with E-state index in [1.54, 1.807) is 0 Å². The number of carbonyl (C=O) groups is 2. The Kier molecular flexibility index (Phi) is 5.13. The number of aryl methyl sites for hydroxylation is 1. The third-order valence-electron chi connectivity index (χ3n) is 5.30. The Morgan fingerprint density at radius 2 is 2.00 bits per heavy atom. The fourth-order valence-corrected chi connectivity index (χ4v) is 4.50. The lowest BCUT2D eigenvalue weighted by Gasteiger charge is -2.24. The number of fused-ring (bicyclic) bond motifs is 2. The van der Waals surface area contributed by atoms with Crippen LogP contribution in [0.2, 0.25) is 0 Å². The van der Waals surface area contributed by atoms with Crippen LogP contribution in [0.15, 0.2) is 18.2 Å². The zero-order valence-electron chi connectivity index (χ0n) is 14.4. The van der Waals surface area contributed by atoms with Crippen molar-refractivity contribution in [3.8, 4) is 0 Å². The highest BCUT2D eigenvalue weighted by Crippen LogP contribution is 2.46. The monoisotopic (exact) mass is 364 g/mol. The van der Waals surface area contributed by atoms with Gasteiger partial charge in [-0.1, -0.05) is 12.1 Å². The summed E-state index contributed by atoms with van der Waals surface area (Å²) in [5, 5.41) is 18.8. The number of thioether (sulfide) groups is 1. The predicted molar refractivity (Wildman–Crippen MR) is 99.0 cm³/mol. The summed E-state index contributed by atoms with van der Waals surface area (Å²) in [7, 11) is 0. The van der Waals surface area contributed by atoms with Crippen molar-refractivity contribution in [1.29, 1.82) is 0 Å². The molecule has 25 heavy (non-hydrogen) atoms. The number of unbranched alkanes of at least 4 members (excludes halogenated alkanes) is 1. The van der Waals surface area contributed by atoms with Crippen molar-refractivity contribution in [2.75, 3.05) is 36.5 Å². The van der Waals surface area contributed by atoms with Gasteiger partial charge in [0.2, 0.25) is 0 Å². The van der Waals surface area contributed by atoms with Crippen molar-refractivity contribution in [1.82, 2.24) is 4.90 Å². The third-order valence-corrected chi connectivity index (χ3v) is 6.00. The number of benzene rings is 1. The van der Waals surface area contributed by atoms with E-state index in [0.29, 0.717) is 31.7 Å². The molecule has 1 aromatic carbocycles. The van der Waals surface area contributed by atoms with Gasteiger partial charge in [-0.05, 0) is 54.9 Å². The zero-order chi connectivity index (χ0) is 18.0. The highest BCUT2D eigenvalue weighted by atomic mass is 32.2. The van der Waals surface area contributed by atoms with Crippen molar-refractivity contribution in [3.63, 3.8) is 0 Å². The summed E-state index contributed by atoms with van der Waals surface area (Å²) >= 11 is 1.85. The van der Waals surface area contributed by atoms with E-state index in [-0.39, 0.29) is 0 Å². The maximum absolute atomic E-state index is 11.6. The lowest BCUT2D eigenvalue weighted by molar-refractivity contribution is 0.153. The maximum Gasteiger partial charge on any atom is 0.411 e. The van der Waals surface area contributed by atoms with Crippen molar-refractivity contribution < 1.29 is 19.8 Å². The molecule has 2 amide bonds. The number of amides is 2. The number of anilines is 1. The van der Waals surface area contributed by atoms with Crippen LogP contribution in [0.1, 0.15) is 30.4 Å². The molecular formula is C18H24N2O4S. The normalized spacial score (nSPS) is 21.8. The minimum atomic E-state index is -0.973. The van der Waals surface area contributed by atoms with Gasteiger partial charge in [0.05, 0.1) is 5.69 Å². The minimum absolute atomic E-state index is 0.345. The van der Waals surface area contributed by atoms with Gasteiger partial charge in [-0.3, -0.25) is 4.90 Å². The van der Waals surface area contributed by atoms with Crippen LogP contribution in [0.3, 0.4) is 0 Å². The van der Waals surface area contributed by atoms with Gasteiger partial charge in [-0.15, -0.1) is 0 Å². The van der Waals surface area contributed by atoms with E-state index in [4.69, 9.17) is 0 Å². The molecule has 1 fully saturated rings. The van der Waals surface area contributed by atoms with Gasteiger partial charge >= 0.3 is 12.2 Å². The maximum atomic E-state index is 11.6. The van der Waals surface area contributed by atoms with Crippen LogP contribution in [0, 0.1) is 0 Å². The van der Waals surface area contributed by atoms with Crippen LogP contribution >= 0.6 is 11.8 Å². The van der Waals surface area contributed by atoms with Crippen LogP contribution in [0.4, 0.5) is 15.3 Å². The van der Waals surface area contributed by atoms with Crippen LogP contribution in [0.25, 0.3) is 0 Å². The largest absolute Gasteiger partial charge is 0.465 e. The number of carboxylic acid groups (broad SMARTS) is 2. The SMILES string of the molecule is CSCCCCc1ccc2c(c1)C1(CCN(C(=O)O)C1)CN2C(=O)O. The van der Waals surface area contributed by atoms with Crippen LogP contribution in [-0.2, 0) is 11.8 Å². The molecule has 0 aromatic heterocycles. The molecule has 1 spiro atoms. The first-order chi connectivity index (χ1) is 12.0. The minimum Gasteiger partial charge on any atom is -0.465 e. The smallest absolute Gasteiger partial charge is 0.411 e. The van der Waals surface area contributed by atoms with E-state index in [0.717, 1.165) is 30.6 Å². The van der Waals surface area contributed by atoms with E-state index in [1.807, 2.05) is 23.9 Å². The number of likely N-dealkylation sites (tertiary alicyclic amines) is 1. The van der Waals surface area contributed by atoms with E-state index in [2.05, 4.69) is 12.3 Å². The van der Waals surface area contributed by atoms with Crippen LogP contribution < -0.4 is 4.90 Å². The molecular weight excluding hydrogens is 340 g/mol. The van der Waals surface area contributed by atoms with Crippen molar-refractivity contribution >= 4 is 29.6 Å². The Balaban J connectivity index is 1.87. The lowest BCUT2D eigenvalue weighted by Crippen LogP contribution is -2.39. The molecule has 0 radical (unpaired) electrons. The molecule has 7 heteroatoms. The quantitative estimate of drug-likeness (QED) is 0.782. The Morgan fingerprint density at radius 3 is 2.64 bits per heavy atom. The molecule has 3 rings (SSSR count). The van der Waals surface area contributed by atoms with E-state index in [9.17, 15) is 19.8 Å². The van der Waals surface area contributed by atoms with Gasteiger partial charge in [0, 0.05) is 25.0 Å². The van der Waals surface area contributed by atoms with E-state index in [1.165, 1.54) is 15.4 Å². The molecule has 6 nitrogen and oxygen atoms in total. The average Bonchev–Trinajstić information content (AvgIpc) is 3.15. The first kappa shape index (κ1) is 17.9. The van der Waals surface area contributed by atoms with Gasteiger partial charge in [-0.2, -0.15) is 11.8 Å². The van der Waals surface area contributed by atoms with Crippen molar-refractivity contribution in [2.45, 2.75) is 31.1 Å². The second-order valence-corrected chi connectivity index (χ2v) is 7.89. The summed E-state index contributed by atoms with van der Waals surface area (Å²) in [6.45, 7) is 1.17. The van der Waals surface area contributed by atoms with Crippen molar-refractivity contribution in [2.24, 2.45) is 0 Å². The fourth-order valence-electron chi connectivity index (χ4n) is 4.00. The van der Waals surface area contributed by atoms with Gasteiger partial charge < -0.3 is 15.1 Å². The third kappa shape index (κ3) is 3.42. The summed E-state index contributed by atoms with van der Waals surface area (Å²) < 4.78 is 0. The summed E-state index contributed by atoms with van der Waals surface area (Å²) in [5.41, 5.74) is 2.52.